The Balaban J connectivity index is 2.63. The second-order valence-corrected chi connectivity index (χ2v) is 3.81. The summed E-state index contributed by atoms with van der Waals surface area (Å²) < 4.78 is 27.1. The van der Waals surface area contributed by atoms with E-state index in [0.717, 1.165) is 12.1 Å². The van der Waals surface area contributed by atoms with Gasteiger partial charge >= 0.3 is 0 Å². The predicted molar refractivity (Wildman–Crippen MR) is 61.9 cm³/mol. The first-order valence-corrected chi connectivity index (χ1v) is 5.12. The van der Waals surface area contributed by atoms with Crippen LogP contribution < -0.4 is 5.56 Å². The van der Waals surface area contributed by atoms with Gasteiger partial charge in [0.1, 0.15) is 23.3 Å². The molecule has 2 aromatic rings. The van der Waals surface area contributed by atoms with Gasteiger partial charge in [0.05, 0.1) is 5.69 Å². The van der Waals surface area contributed by atoms with Crippen LogP contribution in [0.15, 0.2) is 29.1 Å². The Morgan fingerprint density at radius 1 is 1.22 bits per heavy atom. The van der Waals surface area contributed by atoms with Gasteiger partial charge < -0.3 is 4.98 Å². The topological polar surface area (TPSA) is 56.6 Å². The van der Waals surface area contributed by atoms with Crippen LogP contribution in [0.25, 0.3) is 11.3 Å². The van der Waals surface area contributed by atoms with Crippen molar-refractivity contribution >= 4 is 0 Å². The number of nitriles is 1. The SMILES string of the molecule is Cc1cc(F)c(-c2ccc(C#N)c(=O)[nH]2)cc1F. The first-order chi connectivity index (χ1) is 8.52. The van der Waals surface area contributed by atoms with Crippen molar-refractivity contribution in [3.63, 3.8) is 0 Å². The Kier molecular flexibility index (Phi) is 2.94. The fraction of sp³-hybridized carbons (Fsp3) is 0.0769. The summed E-state index contributed by atoms with van der Waals surface area (Å²) in [6.45, 7) is 1.45. The number of benzene rings is 1. The largest absolute Gasteiger partial charge is 0.321 e. The van der Waals surface area contributed by atoms with E-state index < -0.39 is 17.2 Å². The fourth-order valence-electron chi connectivity index (χ4n) is 1.57. The molecule has 3 nitrogen and oxygen atoms in total. The summed E-state index contributed by atoms with van der Waals surface area (Å²) in [5.41, 5.74) is -0.426. The van der Waals surface area contributed by atoms with Crippen LogP contribution >= 0.6 is 0 Å². The molecular formula is C13H8F2N2O. The number of H-pyrrole nitrogens is 1. The summed E-state index contributed by atoms with van der Waals surface area (Å²) in [6.07, 6.45) is 0. The molecule has 0 aliphatic rings. The van der Waals surface area contributed by atoms with Crippen LogP contribution in [0.3, 0.4) is 0 Å². The van der Waals surface area contributed by atoms with Crippen LogP contribution in [0, 0.1) is 29.9 Å². The van der Waals surface area contributed by atoms with Crippen molar-refractivity contribution in [3.05, 3.63) is 57.4 Å². The summed E-state index contributed by atoms with van der Waals surface area (Å²) in [6, 6.07) is 6.41. The van der Waals surface area contributed by atoms with Crippen molar-refractivity contribution in [3.8, 4) is 17.3 Å². The molecule has 0 saturated heterocycles. The molecule has 0 spiro atoms. The van der Waals surface area contributed by atoms with E-state index in [9.17, 15) is 13.6 Å². The fourth-order valence-corrected chi connectivity index (χ4v) is 1.57. The smallest absolute Gasteiger partial charge is 0.266 e. The van der Waals surface area contributed by atoms with Crippen molar-refractivity contribution in [1.82, 2.24) is 4.98 Å². The number of rotatable bonds is 1. The van der Waals surface area contributed by atoms with E-state index in [4.69, 9.17) is 5.26 Å². The number of aromatic nitrogens is 1. The maximum Gasteiger partial charge on any atom is 0.266 e. The number of hydrogen-bond acceptors (Lipinski definition) is 2. The minimum Gasteiger partial charge on any atom is -0.321 e. The van der Waals surface area contributed by atoms with Gasteiger partial charge in [-0.25, -0.2) is 8.78 Å². The van der Waals surface area contributed by atoms with Gasteiger partial charge in [-0.15, -0.1) is 0 Å². The van der Waals surface area contributed by atoms with Crippen LogP contribution in [-0.2, 0) is 0 Å². The highest BCUT2D eigenvalue weighted by Crippen LogP contribution is 2.23. The van der Waals surface area contributed by atoms with Gasteiger partial charge in [-0.1, -0.05) is 0 Å². The molecule has 0 radical (unpaired) electrons. The van der Waals surface area contributed by atoms with Crippen molar-refractivity contribution in [2.45, 2.75) is 6.92 Å². The van der Waals surface area contributed by atoms with E-state index >= 15 is 0 Å². The summed E-state index contributed by atoms with van der Waals surface area (Å²) >= 11 is 0. The van der Waals surface area contributed by atoms with E-state index in [2.05, 4.69) is 4.98 Å². The van der Waals surface area contributed by atoms with Crippen molar-refractivity contribution in [2.24, 2.45) is 0 Å². The molecule has 0 aliphatic heterocycles. The first kappa shape index (κ1) is 12.0. The van der Waals surface area contributed by atoms with Gasteiger partial charge in [0.15, 0.2) is 0 Å². The van der Waals surface area contributed by atoms with E-state index in [1.807, 2.05) is 0 Å². The van der Waals surface area contributed by atoms with Crippen LogP contribution in [-0.4, -0.2) is 4.98 Å². The molecule has 0 aliphatic carbocycles. The Morgan fingerprint density at radius 2 is 1.94 bits per heavy atom. The Morgan fingerprint density at radius 3 is 2.56 bits per heavy atom. The lowest BCUT2D eigenvalue weighted by molar-refractivity contribution is 0.594. The summed E-state index contributed by atoms with van der Waals surface area (Å²) in [5.74, 6) is -1.19. The lowest BCUT2D eigenvalue weighted by atomic mass is 10.1. The number of halogens is 2. The number of nitrogens with zero attached hydrogens (tertiary/aromatic N) is 1. The Hall–Kier alpha value is -2.48. The number of nitrogens with one attached hydrogen (secondary N) is 1. The normalized spacial score (nSPS) is 10.1. The number of aromatic amines is 1. The highest BCUT2D eigenvalue weighted by molar-refractivity contribution is 5.61. The molecule has 0 unspecified atom stereocenters. The van der Waals surface area contributed by atoms with Gasteiger partial charge in [-0.3, -0.25) is 4.79 Å². The number of pyridine rings is 1. The molecule has 0 bridgehead atoms. The molecule has 0 fully saturated rings. The Labute approximate surface area is 101 Å². The average molecular weight is 246 g/mol. The quantitative estimate of drug-likeness (QED) is 0.840. The average Bonchev–Trinajstić information content (AvgIpc) is 2.33. The maximum absolute atomic E-state index is 13.7. The lowest BCUT2D eigenvalue weighted by Gasteiger charge is -2.05. The van der Waals surface area contributed by atoms with Gasteiger partial charge in [0.2, 0.25) is 0 Å². The van der Waals surface area contributed by atoms with E-state index in [1.54, 1.807) is 6.07 Å². The molecule has 0 amide bonds. The molecule has 5 heteroatoms. The van der Waals surface area contributed by atoms with Gasteiger partial charge in [-0.2, -0.15) is 5.26 Å². The van der Waals surface area contributed by atoms with Crippen molar-refractivity contribution in [2.75, 3.05) is 0 Å². The molecule has 1 aromatic heterocycles. The lowest BCUT2D eigenvalue weighted by Crippen LogP contribution is -2.10. The van der Waals surface area contributed by atoms with Crippen molar-refractivity contribution in [1.29, 1.82) is 5.26 Å². The minimum atomic E-state index is -0.630. The van der Waals surface area contributed by atoms with Gasteiger partial charge in [0, 0.05) is 5.56 Å². The highest BCUT2D eigenvalue weighted by atomic mass is 19.1. The predicted octanol–water partition coefficient (Wildman–Crippen LogP) is 2.50. The summed E-state index contributed by atoms with van der Waals surface area (Å²) in [5, 5.41) is 8.61. The molecule has 1 N–H and O–H groups in total. The third-order valence-corrected chi connectivity index (χ3v) is 2.57. The molecule has 18 heavy (non-hydrogen) atoms. The van der Waals surface area contributed by atoms with Crippen LogP contribution in [0.5, 0.6) is 0 Å². The molecule has 0 atom stereocenters. The highest BCUT2D eigenvalue weighted by Gasteiger charge is 2.11. The maximum atomic E-state index is 13.7. The zero-order valence-corrected chi connectivity index (χ0v) is 9.42. The Bertz CT molecular complexity index is 714. The summed E-state index contributed by atoms with van der Waals surface area (Å²) in [4.78, 5) is 13.8. The first-order valence-electron chi connectivity index (χ1n) is 5.12. The van der Waals surface area contributed by atoms with Gasteiger partial charge in [0.25, 0.3) is 5.56 Å². The molecule has 90 valence electrons. The standard InChI is InChI=1S/C13H8F2N2O/c1-7-4-11(15)9(5-10(7)14)12-3-2-8(6-16)13(18)17-12/h2-5H,1H3,(H,17,18). The minimum absolute atomic E-state index is 0.0420. The molecular weight excluding hydrogens is 238 g/mol. The van der Waals surface area contributed by atoms with E-state index in [0.29, 0.717) is 0 Å². The third kappa shape index (κ3) is 2.00. The van der Waals surface area contributed by atoms with Crippen LogP contribution in [0.4, 0.5) is 8.78 Å². The van der Waals surface area contributed by atoms with E-state index in [-0.39, 0.29) is 22.4 Å². The monoisotopic (exact) mass is 246 g/mol. The van der Waals surface area contributed by atoms with Crippen molar-refractivity contribution < 1.29 is 8.78 Å². The number of aryl methyl sites for hydroxylation is 1. The number of hydrogen-bond donors (Lipinski definition) is 1. The second kappa shape index (κ2) is 4.41. The van der Waals surface area contributed by atoms with Gasteiger partial charge in [-0.05, 0) is 36.8 Å². The van der Waals surface area contributed by atoms with E-state index in [1.165, 1.54) is 19.1 Å². The zero-order chi connectivity index (χ0) is 13.3. The molecule has 2 rings (SSSR count). The molecule has 1 heterocycles. The molecule has 0 saturated carbocycles. The molecule has 1 aromatic carbocycles. The third-order valence-electron chi connectivity index (χ3n) is 2.57. The second-order valence-electron chi connectivity index (χ2n) is 3.81. The zero-order valence-electron chi connectivity index (χ0n) is 9.42. The summed E-state index contributed by atoms with van der Waals surface area (Å²) in [7, 11) is 0. The van der Waals surface area contributed by atoms with Crippen LogP contribution in [0.2, 0.25) is 0 Å². The van der Waals surface area contributed by atoms with Crippen LogP contribution in [0.1, 0.15) is 11.1 Å².